The van der Waals surface area contributed by atoms with E-state index in [1.807, 2.05) is 12.3 Å². The summed E-state index contributed by atoms with van der Waals surface area (Å²) in [7, 11) is 4.35. The van der Waals surface area contributed by atoms with Gasteiger partial charge >= 0.3 is 5.97 Å². The maximum atomic E-state index is 11.7. The molecule has 0 aliphatic carbocycles. The number of carbonyl (C=O) groups excluding carboxylic acids is 1. The summed E-state index contributed by atoms with van der Waals surface area (Å²) in [5, 5.41) is 4.14. The first-order valence-corrected chi connectivity index (χ1v) is 6.00. The second kappa shape index (κ2) is 6.10. The molecule has 1 aromatic carbocycles. The maximum Gasteiger partial charge on any atom is 0.341 e. The number of esters is 1. The van der Waals surface area contributed by atoms with Crippen LogP contribution >= 0.6 is 0 Å². The molecule has 1 heterocycles. The first-order chi connectivity index (χ1) is 9.71. The van der Waals surface area contributed by atoms with Crippen LogP contribution in [-0.4, -0.2) is 37.1 Å². The third-order valence-corrected chi connectivity index (χ3v) is 2.90. The molecule has 0 amide bonds. The predicted octanol–water partition coefficient (Wildman–Crippen LogP) is 1.74. The maximum absolute atomic E-state index is 11.7. The van der Waals surface area contributed by atoms with Gasteiger partial charge in [0.05, 0.1) is 27.9 Å². The third-order valence-electron chi connectivity index (χ3n) is 2.90. The highest BCUT2D eigenvalue weighted by molar-refractivity contribution is 5.93. The van der Waals surface area contributed by atoms with Gasteiger partial charge in [-0.05, 0) is 12.1 Å². The van der Waals surface area contributed by atoms with Crippen molar-refractivity contribution < 1.29 is 19.0 Å². The zero-order chi connectivity index (χ0) is 14.5. The molecule has 0 spiro atoms. The molecule has 0 aliphatic rings. The van der Waals surface area contributed by atoms with Gasteiger partial charge in [0.1, 0.15) is 5.56 Å². The Hall–Kier alpha value is -2.50. The van der Waals surface area contributed by atoms with Crippen LogP contribution in [0, 0.1) is 0 Å². The van der Waals surface area contributed by atoms with Crippen LogP contribution in [0.3, 0.4) is 0 Å². The Morgan fingerprint density at radius 2 is 1.95 bits per heavy atom. The summed E-state index contributed by atoms with van der Waals surface area (Å²) in [6.07, 6.45) is 3.55. The van der Waals surface area contributed by atoms with Gasteiger partial charge in [-0.15, -0.1) is 0 Å². The van der Waals surface area contributed by atoms with Crippen LogP contribution in [0.1, 0.15) is 15.9 Å². The van der Waals surface area contributed by atoms with Crippen LogP contribution in [-0.2, 0) is 11.3 Å². The molecule has 0 N–H and O–H groups in total. The van der Waals surface area contributed by atoms with E-state index in [0.717, 1.165) is 5.56 Å². The molecule has 0 bridgehead atoms. The number of hydrogen-bond donors (Lipinski definition) is 0. The zero-order valence-corrected chi connectivity index (χ0v) is 11.6. The topological polar surface area (TPSA) is 62.6 Å². The van der Waals surface area contributed by atoms with Crippen LogP contribution in [0.15, 0.2) is 30.6 Å². The van der Waals surface area contributed by atoms with E-state index in [1.165, 1.54) is 21.3 Å². The van der Waals surface area contributed by atoms with Crippen molar-refractivity contribution in [2.75, 3.05) is 21.3 Å². The molecule has 20 heavy (non-hydrogen) atoms. The van der Waals surface area contributed by atoms with Crippen LogP contribution < -0.4 is 9.47 Å². The minimum absolute atomic E-state index is 0.330. The molecule has 0 aliphatic heterocycles. The highest BCUT2D eigenvalue weighted by atomic mass is 16.5. The predicted molar refractivity (Wildman–Crippen MR) is 72.2 cm³/mol. The van der Waals surface area contributed by atoms with Crippen LogP contribution in [0.2, 0.25) is 0 Å². The number of rotatable bonds is 5. The quantitative estimate of drug-likeness (QED) is 0.778. The van der Waals surface area contributed by atoms with E-state index in [4.69, 9.17) is 14.2 Å². The van der Waals surface area contributed by atoms with Crippen molar-refractivity contribution in [3.05, 3.63) is 41.7 Å². The molecule has 2 aromatic rings. The lowest BCUT2D eigenvalue weighted by Gasteiger charge is -2.15. The van der Waals surface area contributed by atoms with Crippen molar-refractivity contribution in [1.82, 2.24) is 9.78 Å². The van der Waals surface area contributed by atoms with Crippen molar-refractivity contribution >= 4 is 5.97 Å². The van der Waals surface area contributed by atoms with Crippen molar-refractivity contribution in [3.8, 4) is 11.5 Å². The van der Waals surface area contributed by atoms with Gasteiger partial charge in [-0.1, -0.05) is 6.07 Å². The third kappa shape index (κ3) is 2.59. The van der Waals surface area contributed by atoms with Gasteiger partial charge in [0, 0.05) is 18.0 Å². The summed E-state index contributed by atoms with van der Waals surface area (Å²) in [5.41, 5.74) is 1.19. The van der Waals surface area contributed by atoms with Crippen molar-refractivity contribution in [2.45, 2.75) is 6.54 Å². The van der Waals surface area contributed by atoms with Gasteiger partial charge < -0.3 is 14.2 Å². The minimum Gasteiger partial charge on any atom is -0.492 e. The molecule has 0 atom stereocenters. The Labute approximate surface area is 116 Å². The van der Waals surface area contributed by atoms with E-state index in [9.17, 15) is 4.79 Å². The number of methoxy groups -OCH3 is 3. The molecule has 1 aromatic heterocycles. The second-order valence-electron chi connectivity index (χ2n) is 4.03. The number of benzene rings is 1. The molecule has 0 fully saturated rings. The van der Waals surface area contributed by atoms with E-state index in [0.29, 0.717) is 23.6 Å². The van der Waals surface area contributed by atoms with Gasteiger partial charge in [0.15, 0.2) is 11.5 Å². The smallest absolute Gasteiger partial charge is 0.341 e. The highest BCUT2D eigenvalue weighted by Gasteiger charge is 2.20. The first kappa shape index (κ1) is 13.9. The fraction of sp³-hybridized carbons (Fsp3) is 0.286. The van der Waals surface area contributed by atoms with Gasteiger partial charge in [0.2, 0.25) is 0 Å². The number of nitrogens with zero attached hydrogens (tertiary/aromatic N) is 2. The summed E-state index contributed by atoms with van der Waals surface area (Å²) in [6, 6.07) is 5.30. The molecule has 106 valence electrons. The Kier molecular flexibility index (Phi) is 4.24. The van der Waals surface area contributed by atoms with Crippen LogP contribution in [0.4, 0.5) is 0 Å². The summed E-state index contributed by atoms with van der Waals surface area (Å²) >= 11 is 0. The minimum atomic E-state index is -0.467. The van der Waals surface area contributed by atoms with E-state index >= 15 is 0 Å². The van der Waals surface area contributed by atoms with Crippen molar-refractivity contribution in [3.63, 3.8) is 0 Å². The average molecular weight is 276 g/mol. The number of hydrogen-bond acceptors (Lipinski definition) is 5. The SMILES string of the molecule is COC(=O)c1ccc(Cn2cccn2)c(OC)c1OC. The second-order valence-corrected chi connectivity index (χ2v) is 4.03. The largest absolute Gasteiger partial charge is 0.492 e. The van der Waals surface area contributed by atoms with Crippen molar-refractivity contribution in [2.24, 2.45) is 0 Å². The summed E-state index contributed by atoms with van der Waals surface area (Å²) in [5.74, 6) is 0.403. The van der Waals surface area contributed by atoms with Gasteiger partial charge in [-0.2, -0.15) is 5.10 Å². The Bertz CT molecular complexity index is 593. The Morgan fingerprint density at radius 3 is 2.50 bits per heavy atom. The molecule has 6 nitrogen and oxygen atoms in total. The Morgan fingerprint density at radius 1 is 1.20 bits per heavy atom. The summed E-state index contributed by atoms with van der Waals surface area (Å²) in [4.78, 5) is 11.7. The summed E-state index contributed by atoms with van der Waals surface area (Å²) < 4.78 is 17.2. The average Bonchev–Trinajstić information content (AvgIpc) is 2.98. The fourth-order valence-corrected chi connectivity index (χ4v) is 1.99. The fourth-order valence-electron chi connectivity index (χ4n) is 1.99. The number of aromatic nitrogens is 2. The van der Waals surface area contributed by atoms with Crippen LogP contribution in [0.25, 0.3) is 0 Å². The monoisotopic (exact) mass is 276 g/mol. The lowest BCUT2D eigenvalue weighted by Crippen LogP contribution is -2.08. The molecular formula is C14H16N2O4. The molecular weight excluding hydrogens is 260 g/mol. The molecule has 6 heteroatoms. The molecule has 0 saturated heterocycles. The molecule has 0 radical (unpaired) electrons. The zero-order valence-electron chi connectivity index (χ0n) is 11.6. The van der Waals surface area contributed by atoms with E-state index in [-0.39, 0.29) is 0 Å². The summed E-state index contributed by atoms with van der Waals surface area (Å²) in [6.45, 7) is 0.522. The standard InChI is InChI=1S/C14H16N2O4/c1-18-12-10(9-16-8-4-7-15-16)5-6-11(13(12)19-2)14(17)20-3/h4-8H,9H2,1-3H3. The number of ether oxygens (including phenoxy) is 3. The normalized spacial score (nSPS) is 10.2. The first-order valence-electron chi connectivity index (χ1n) is 6.00. The van der Waals surface area contributed by atoms with E-state index < -0.39 is 5.97 Å². The lowest BCUT2D eigenvalue weighted by atomic mass is 10.1. The van der Waals surface area contributed by atoms with Crippen LogP contribution in [0.5, 0.6) is 11.5 Å². The van der Waals surface area contributed by atoms with Gasteiger partial charge in [-0.25, -0.2) is 4.79 Å². The molecule has 0 unspecified atom stereocenters. The van der Waals surface area contributed by atoms with E-state index in [2.05, 4.69) is 5.10 Å². The van der Waals surface area contributed by atoms with Gasteiger partial charge in [-0.3, -0.25) is 4.68 Å². The van der Waals surface area contributed by atoms with Crippen molar-refractivity contribution in [1.29, 1.82) is 0 Å². The van der Waals surface area contributed by atoms with Gasteiger partial charge in [0.25, 0.3) is 0 Å². The molecule has 2 rings (SSSR count). The number of carbonyl (C=O) groups is 1. The Balaban J connectivity index is 2.46. The van der Waals surface area contributed by atoms with E-state index in [1.54, 1.807) is 23.0 Å². The highest BCUT2D eigenvalue weighted by Crippen LogP contribution is 2.35. The lowest BCUT2D eigenvalue weighted by molar-refractivity contribution is 0.0596. The molecule has 0 saturated carbocycles.